The van der Waals surface area contributed by atoms with Gasteiger partial charge in [0.05, 0.1) is 11.5 Å². The molecule has 0 saturated carbocycles. The SMILES string of the molecule is Cc1cc2c(c(=O)n1CCc1ccccc1)[C@H](c1c(Cl)cccc1Cl)C(C#N)=C(N)O2. The van der Waals surface area contributed by atoms with Gasteiger partial charge in [0, 0.05) is 33.9 Å². The van der Waals surface area contributed by atoms with Gasteiger partial charge >= 0.3 is 0 Å². The fraction of sp³-hybridized carbons (Fsp3) is 0.167. The smallest absolute Gasteiger partial charge is 0.258 e. The standard InChI is InChI=1S/C24H19Cl2N3O2/c1-14-12-19-22(24(30)29(14)11-10-15-6-3-2-4-7-15)20(16(13-27)23(28)31-19)21-17(25)8-5-9-18(21)26/h2-9,12,20H,10-11,28H2,1H3/t20-/m0/s1. The number of benzene rings is 2. The van der Waals surface area contributed by atoms with Crippen LogP contribution in [0.3, 0.4) is 0 Å². The molecule has 0 fully saturated rings. The van der Waals surface area contributed by atoms with Crippen molar-refractivity contribution < 1.29 is 4.74 Å². The van der Waals surface area contributed by atoms with Gasteiger partial charge in [0.25, 0.3) is 5.56 Å². The highest BCUT2D eigenvalue weighted by Crippen LogP contribution is 2.45. The highest BCUT2D eigenvalue weighted by Gasteiger charge is 2.36. The Morgan fingerprint density at radius 2 is 1.77 bits per heavy atom. The molecule has 0 radical (unpaired) electrons. The molecule has 7 heteroatoms. The molecule has 2 N–H and O–H groups in total. The summed E-state index contributed by atoms with van der Waals surface area (Å²) in [4.78, 5) is 13.7. The Morgan fingerprint density at radius 1 is 1.10 bits per heavy atom. The molecule has 5 nitrogen and oxygen atoms in total. The normalized spacial score (nSPS) is 15.2. The fourth-order valence-corrected chi connectivity index (χ4v) is 4.54. The van der Waals surface area contributed by atoms with E-state index in [2.05, 4.69) is 6.07 Å². The lowest BCUT2D eigenvalue weighted by Gasteiger charge is -2.28. The van der Waals surface area contributed by atoms with Crippen LogP contribution in [-0.4, -0.2) is 4.57 Å². The number of ether oxygens (including phenoxy) is 1. The molecule has 4 rings (SSSR count). The van der Waals surface area contributed by atoms with Crippen molar-refractivity contribution in [3.05, 3.63) is 109 Å². The Labute approximate surface area is 189 Å². The van der Waals surface area contributed by atoms with E-state index in [0.29, 0.717) is 39.9 Å². The molecule has 2 aromatic carbocycles. The summed E-state index contributed by atoms with van der Waals surface area (Å²) in [7, 11) is 0. The molecule has 0 spiro atoms. The maximum Gasteiger partial charge on any atom is 0.258 e. The lowest BCUT2D eigenvalue weighted by atomic mass is 9.84. The summed E-state index contributed by atoms with van der Waals surface area (Å²) in [5.74, 6) is -0.557. The van der Waals surface area contributed by atoms with Crippen molar-refractivity contribution in [1.82, 2.24) is 4.57 Å². The predicted molar refractivity (Wildman–Crippen MR) is 121 cm³/mol. The van der Waals surface area contributed by atoms with Crippen molar-refractivity contribution in [2.24, 2.45) is 5.73 Å². The summed E-state index contributed by atoms with van der Waals surface area (Å²) in [6.45, 7) is 2.32. The third kappa shape index (κ3) is 3.81. The van der Waals surface area contributed by atoms with Gasteiger partial charge in [0.15, 0.2) is 0 Å². The Hall–Kier alpha value is -3.20. The number of nitriles is 1. The number of fused-ring (bicyclic) bond motifs is 1. The van der Waals surface area contributed by atoms with E-state index in [1.165, 1.54) is 0 Å². The van der Waals surface area contributed by atoms with E-state index < -0.39 is 5.92 Å². The third-order valence-corrected chi connectivity index (χ3v) is 6.10. The molecule has 156 valence electrons. The van der Waals surface area contributed by atoms with Crippen molar-refractivity contribution in [3.63, 3.8) is 0 Å². The number of nitrogens with two attached hydrogens (primary N) is 1. The molecule has 1 aromatic heterocycles. The van der Waals surface area contributed by atoms with Crippen LogP contribution in [0.15, 0.2) is 70.8 Å². The molecular weight excluding hydrogens is 433 g/mol. The van der Waals surface area contributed by atoms with Gasteiger partial charge in [-0.3, -0.25) is 4.79 Å². The van der Waals surface area contributed by atoms with Crippen LogP contribution in [0.2, 0.25) is 10.0 Å². The zero-order valence-corrected chi connectivity index (χ0v) is 18.2. The number of allylic oxidation sites excluding steroid dienone is 1. The molecule has 0 amide bonds. The number of nitrogens with zero attached hydrogens (tertiary/aromatic N) is 2. The number of rotatable bonds is 4. The van der Waals surface area contributed by atoms with E-state index in [-0.39, 0.29) is 17.0 Å². The van der Waals surface area contributed by atoms with Gasteiger partial charge < -0.3 is 15.0 Å². The Kier molecular flexibility index (Phi) is 5.77. The quantitative estimate of drug-likeness (QED) is 0.609. The van der Waals surface area contributed by atoms with Crippen LogP contribution in [0.5, 0.6) is 5.75 Å². The average molecular weight is 452 g/mol. The van der Waals surface area contributed by atoms with Gasteiger partial charge in [-0.25, -0.2) is 0 Å². The number of aryl methyl sites for hydroxylation is 2. The molecule has 2 heterocycles. The minimum Gasteiger partial charge on any atom is -0.440 e. The van der Waals surface area contributed by atoms with E-state index in [1.54, 1.807) is 28.8 Å². The van der Waals surface area contributed by atoms with E-state index >= 15 is 0 Å². The van der Waals surface area contributed by atoms with Crippen LogP contribution in [0.4, 0.5) is 0 Å². The van der Waals surface area contributed by atoms with Crippen LogP contribution >= 0.6 is 23.2 Å². The van der Waals surface area contributed by atoms with Crippen molar-refractivity contribution in [3.8, 4) is 11.8 Å². The second-order valence-corrected chi connectivity index (χ2v) is 8.13. The van der Waals surface area contributed by atoms with Gasteiger partial charge in [0.2, 0.25) is 5.88 Å². The summed E-state index contributed by atoms with van der Waals surface area (Å²) >= 11 is 12.9. The summed E-state index contributed by atoms with van der Waals surface area (Å²) < 4.78 is 7.37. The summed E-state index contributed by atoms with van der Waals surface area (Å²) in [6, 6.07) is 18.8. The Morgan fingerprint density at radius 3 is 2.42 bits per heavy atom. The van der Waals surface area contributed by atoms with Gasteiger partial charge in [-0.1, -0.05) is 59.6 Å². The number of hydrogen-bond acceptors (Lipinski definition) is 4. The van der Waals surface area contributed by atoms with Gasteiger partial charge in [-0.15, -0.1) is 0 Å². The van der Waals surface area contributed by atoms with Gasteiger partial charge in [-0.2, -0.15) is 5.26 Å². The van der Waals surface area contributed by atoms with Crippen LogP contribution in [0.25, 0.3) is 0 Å². The second kappa shape index (κ2) is 8.50. The Balaban J connectivity index is 1.89. The molecule has 0 saturated heterocycles. The largest absolute Gasteiger partial charge is 0.440 e. The number of hydrogen-bond donors (Lipinski definition) is 1. The van der Waals surface area contributed by atoms with Crippen LogP contribution in [-0.2, 0) is 13.0 Å². The summed E-state index contributed by atoms with van der Waals surface area (Å²) in [6.07, 6.45) is 0.682. The summed E-state index contributed by atoms with van der Waals surface area (Å²) in [5.41, 5.74) is 8.52. The zero-order chi connectivity index (χ0) is 22.1. The Bertz CT molecular complexity index is 1270. The third-order valence-electron chi connectivity index (χ3n) is 5.45. The van der Waals surface area contributed by atoms with Crippen LogP contribution < -0.4 is 16.0 Å². The lowest BCUT2D eigenvalue weighted by Crippen LogP contribution is -2.33. The number of halogens is 2. The molecule has 0 aliphatic carbocycles. The topological polar surface area (TPSA) is 81.0 Å². The van der Waals surface area contributed by atoms with Crippen LogP contribution in [0, 0.1) is 18.3 Å². The average Bonchev–Trinajstić information content (AvgIpc) is 2.74. The molecule has 1 aliphatic rings. The fourth-order valence-electron chi connectivity index (χ4n) is 3.92. The highest BCUT2D eigenvalue weighted by molar-refractivity contribution is 6.36. The van der Waals surface area contributed by atoms with Crippen LogP contribution in [0.1, 0.15) is 28.3 Å². The minimum atomic E-state index is -0.814. The van der Waals surface area contributed by atoms with Crippen molar-refractivity contribution >= 4 is 23.2 Å². The van der Waals surface area contributed by atoms with Gasteiger partial charge in [-0.05, 0) is 31.0 Å². The molecule has 31 heavy (non-hydrogen) atoms. The van der Waals surface area contributed by atoms with E-state index in [1.807, 2.05) is 37.3 Å². The number of pyridine rings is 1. The van der Waals surface area contributed by atoms with E-state index in [9.17, 15) is 10.1 Å². The van der Waals surface area contributed by atoms with Gasteiger partial charge in [0.1, 0.15) is 17.4 Å². The molecule has 1 aliphatic heterocycles. The zero-order valence-electron chi connectivity index (χ0n) is 16.7. The van der Waals surface area contributed by atoms with Crippen molar-refractivity contribution in [2.45, 2.75) is 25.8 Å². The molecule has 0 unspecified atom stereocenters. The predicted octanol–water partition coefficient (Wildman–Crippen LogP) is 4.92. The van der Waals surface area contributed by atoms with Crippen molar-refractivity contribution in [1.29, 1.82) is 5.26 Å². The first-order chi connectivity index (χ1) is 14.9. The first-order valence-corrected chi connectivity index (χ1v) is 10.5. The highest BCUT2D eigenvalue weighted by atomic mass is 35.5. The number of aromatic nitrogens is 1. The lowest BCUT2D eigenvalue weighted by molar-refractivity contribution is 0.388. The minimum absolute atomic E-state index is 0.0585. The monoisotopic (exact) mass is 451 g/mol. The van der Waals surface area contributed by atoms with E-state index in [0.717, 1.165) is 11.3 Å². The maximum atomic E-state index is 13.7. The summed E-state index contributed by atoms with van der Waals surface area (Å²) in [5, 5.41) is 10.5. The van der Waals surface area contributed by atoms with Crippen molar-refractivity contribution in [2.75, 3.05) is 0 Å². The second-order valence-electron chi connectivity index (χ2n) is 7.32. The molecule has 1 atom stereocenters. The maximum absolute atomic E-state index is 13.7. The molecular formula is C24H19Cl2N3O2. The first-order valence-electron chi connectivity index (χ1n) is 9.72. The molecule has 0 bridgehead atoms. The van der Waals surface area contributed by atoms with E-state index in [4.69, 9.17) is 33.7 Å². The molecule has 3 aromatic rings. The first kappa shape index (κ1) is 21.0.